The number of aromatic nitrogens is 2. The molecule has 0 fully saturated rings. The lowest BCUT2D eigenvalue weighted by Gasteiger charge is -2.21. The summed E-state index contributed by atoms with van der Waals surface area (Å²) in [4.78, 5) is 4.25. The molecule has 0 saturated heterocycles. The van der Waals surface area contributed by atoms with E-state index in [0.29, 0.717) is 17.3 Å². The Balaban J connectivity index is 2.80. The number of hydrogen-bond acceptors (Lipinski definition) is 1. The van der Waals surface area contributed by atoms with E-state index in [-0.39, 0.29) is 16.9 Å². The van der Waals surface area contributed by atoms with E-state index in [1.54, 1.807) is 6.92 Å². The molecule has 2 aromatic rings. The van der Waals surface area contributed by atoms with E-state index >= 15 is 0 Å². The van der Waals surface area contributed by atoms with E-state index in [0.717, 1.165) is 6.07 Å². The molecule has 104 valence electrons. The zero-order valence-electron chi connectivity index (χ0n) is 11.4. The van der Waals surface area contributed by atoms with Gasteiger partial charge in [0.1, 0.15) is 17.2 Å². The highest BCUT2D eigenvalue weighted by Crippen LogP contribution is 2.32. The van der Waals surface area contributed by atoms with Crippen LogP contribution in [-0.4, -0.2) is 9.55 Å². The van der Waals surface area contributed by atoms with Gasteiger partial charge in [0.15, 0.2) is 5.82 Å². The monoisotopic (exact) mass is 286 g/mol. The van der Waals surface area contributed by atoms with Crippen LogP contribution >= 0.6 is 11.6 Å². The van der Waals surface area contributed by atoms with Gasteiger partial charge in [-0.1, -0.05) is 13.8 Å². The second-order valence-electron chi connectivity index (χ2n) is 5.20. The fraction of sp³-hybridized carbons (Fsp3) is 0.500. The van der Waals surface area contributed by atoms with Crippen LogP contribution in [0.15, 0.2) is 12.1 Å². The Morgan fingerprint density at radius 1 is 1.16 bits per heavy atom. The molecule has 19 heavy (non-hydrogen) atoms. The van der Waals surface area contributed by atoms with Crippen LogP contribution in [0, 0.1) is 17.6 Å². The molecule has 0 radical (unpaired) electrons. The summed E-state index contributed by atoms with van der Waals surface area (Å²) in [6.45, 7) is 7.88. The van der Waals surface area contributed by atoms with Crippen LogP contribution in [-0.2, 0) is 0 Å². The van der Waals surface area contributed by atoms with Crippen molar-refractivity contribution in [2.75, 3.05) is 0 Å². The summed E-state index contributed by atoms with van der Waals surface area (Å²) in [6, 6.07) is 2.22. The molecule has 0 N–H and O–H groups in total. The number of rotatable bonds is 3. The fourth-order valence-corrected chi connectivity index (χ4v) is 2.30. The Morgan fingerprint density at radius 3 is 2.32 bits per heavy atom. The standard InChI is InChI=1S/C14H17ClF2N2/c1-7(2)9(4)19-12-6-10(16)5-11(17)13(12)18-14(19)8(3)15/h5-9H,1-4H3. The molecule has 0 amide bonds. The minimum absolute atomic E-state index is 0.0578. The summed E-state index contributed by atoms with van der Waals surface area (Å²) in [6.07, 6.45) is 0. The van der Waals surface area contributed by atoms with Gasteiger partial charge in [-0.25, -0.2) is 13.8 Å². The molecular formula is C14H17ClF2N2. The van der Waals surface area contributed by atoms with E-state index in [9.17, 15) is 8.78 Å². The van der Waals surface area contributed by atoms with Crippen LogP contribution in [0.25, 0.3) is 11.0 Å². The molecule has 1 aromatic heterocycles. The van der Waals surface area contributed by atoms with Crippen molar-refractivity contribution < 1.29 is 8.78 Å². The Bertz CT molecular complexity index is 605. The van der Waals surface area contributed by atoms with Crippen LogP contribution in [0.1, 0.15) is 44.9 Å². The number of nitrogens with zero attached hydrogens (tertiary/aromatic N) is 2. The Kier molecular flexibility index (Phi) is 3.81. The quantitative estimate of drug-likeness (QED) is 0.739. The first-order valence-corrected chi connectivity index (χ1v) is 6.77. The summed E-state index contributed by atoms with van der Waals surface area (Å²) in [5.41, 5.74) is 0.637. The maximum atomic E-state index is 13.8. The maximum absolute atomic E-state index is 13.8. The van der Waals surface area contributed by atoms with Crippen LogP contribution < -0.4 is 0 Å². The summed E-state index contributed by atoms with van der Waals surface area (Å²) < 4.78 is 29.1. The SMILES string of the molecule is CC(Cl)c1nc2c(F)cc(F)cc2n1C(C)C(C)C. The molecular weight excluding hydrogens is 270 g/mol. The first-order valence-electron chi connectivity index (χ1n) is 6.33. The molecule has 5 heteroatoms. The molecule has 0 spiro atoms. The zero-order valence-corrected chi connectivity index (χ0v) is 12.2. The average Bonchev–Trinajstić information content (AvgIpc) is 2.67. The van der Waals surface area contributed by atoms with Crippen molar-refractivity contribution in [1.82, 2.24) is 9.55 Å². The van der Waals surface area contributed by atoms with Gasteiger partial charge in [0.05, 0.1) is 10.9 Å². The van der Waals surface area contributed by atoms with Crippen LogP contribution in [0.5, 0.6) is 0 Å². The number of fused-ring (bicyclic) bond motifs is 1. The van der Waals surface area contributed by atoms with Gasteiger partial charge < -0.3 is 4.57 Å². The third-order valence-electron chi connectivity index (χ3n) is 3.47. The van der Waals surface area contributed by atoms with Gasteiger partial charge in [-0.2, -0.15) is 0 Å². The lowest BCUT2D eigenvalue weighted by atomic mass is 10.1. The van der Waals surface area contributed by atoms with Crippen LogP contribution in [0.2, 0.25) is 0 Å². The van der Waals surface area contributed by atoms with Crippen molar-refractivity contribution in [1.29, 1.82) is 0 Å². The molecule has 1 heterocycles. The smallest absolute Gasteiger partial charge is 0.153 e. The summed E-state index contributed by atoms with van der Waals surface area (Å²) in [5, 5.41) is -0.365. The van der Waals surface area contributed by atoms with Crippen molar-refractivity contribution in [2.45, 2.75) is 39.1 Å². The highest BCUT2D eigenvalue weighted by atomic mass is 35.5. The fourth-order valence-electron chi connectivity index (χ4n) is 2.15. The maximum Gasteiger partial charge on any atom is 0.153 e. The molecule has 2 rings (SSSR count). The van der Waals surface area contributed by atoms with Gasteiger partial charge in [-0.3, -0.25) is 0 Å². The third kappa shape index (κ3) is 2.46. The second kappa shape index (κ2) is 5.08. The first kappa shape index (κ1) is 14.3. The normalized spacial score (nSPS) is 15.2. The van der Waals surface area contributed by atoms with Crippen molar-refractivity contribution in [3.05, 3.63) is 29.6 Å². The van der Waals surface area contributed by atoms with Crippen molar-refractivity contribution >= 4 is 22.6 Å². The van der Waals surface area contributed by atoms with Crippen LogP contribution in [0.3, 0.4) is 0 Å². The van der Waals surface area contributed by atoms with Gasteiger partial charge in [-0.05, 0) is 25.8 Å². The number of benzene rings is 1. The molecule has 0 aliphatic heterocycles. The molecule has 0 aliphatic carbocycles. The number of imidazole rings is 1. The highest BCUT2D eigenvalue weighted by molar-refractivity contribution is 6.20. The Labute approximate surface area is 116 Å². The minimum atomic E-state index is -0.650. The largest absolute Gasteiger partial charge is 0.323 e. The van der Waals surface area contributed by atoms with E-state index in [2.05, 4.69) is 18.8 Å². The van der Waals surface area contributed by atoms with E-state index < -0.39 is 11.6 Å². The lowest BCUT2D eigenvalue weighted by Crippen LogP contribution is -2.15. The lowest BCUT2D eigenvalue weighted by molar-refractivity contribution is 0.405. The predicted octanol–water partition coefficient (Wildman–Crippen LogP) is 4.83. The Morgan fingerprint density at radius 2 is 1.79 bits per heavy atom. The molecule has 0 aliphatic rings. The first-order chi connectivity index (χ1) is 8.82. The van der Waals surface area contributed by atoms with Crippen molar-refractivity contribution in [2.24, 2.45) is 5.92 Å². The van der Waals surface area contributed by atoms with Gasteiger partial charge in [0.2, 0.25) is 0 Å². The topological polar surface area (TPSA) is 17.8 Å². The van der Waals surface area contributed by atoms with Gasteiger partial charge in [0.25, 0.3) is 0 Å². The van der Waals surface area contributed by atoms with E-state index in [4.69, 9.17) is 11.6 Å². The van der Waals surface area contributed by atoms with Gasteiger partial charge in [-0.15, -0.1) is 11.6 Å². The van der Waals surface area contributed by atoms with Gasteiger partial charge in [0, 0.05) is 12.1 Å². The summed E-state index contributed by atoms with van der Waals surface area (Å²) in [7, 11) is 0. The van der Waals surface area contributed by atoms with Crippen LogP contribution in [0.4, 0.5) is 8.78 Å². The van der Waals surface area contributed by atoms with Gasteiger partial charge >= 0.3 is 0 Å². The highest BCUT2D eigenvalue weighted by Gasteiger charge is 2.23. The zero-order chi connectivity index (χ0) is 14.3. The molecule has 1 aromatic carbocycles. The predicted molar refractivity (Wildman–Crippen MR) is 73.5 cm³/mol. The summed E-state index contributed by atoms with van der Waals surface area (Å²) in [5.74, 6) is -0.376. The van der Waals surface area contributed by atoms with Crippen molar-refractivity contribution in [3.63, 3.8) is 0 Å². The number of halogens is 3. The summed E-state index contributed by atoms with van der Waals surface area (Å²) >= 11 is 6.12. The molecule has 2 nitrogen and oxygen atoms in total. The third-order valence-corrected chi connectivity index (χ3v) is 3.66. The molecule has 0 saturated carbocycles. The number of hydrogen-bond donors (Lipinski definition) is 0. The van der Waals surface area contributed by atoms with Crippen molar-refractivity contribution in [3.8, 4) is 0 Å². The molecule has 2 atom stereocenters. The molecule has 2 unspecified atom stereocenters. The number of alkyl halides is 1. The van der Waals surface area contributed by atoms with E-state index in [1.807, 2.05) is 11.5 Å². The second-order valence-corrected chi connectivity index (χ2v) is 5.85. The Hall–Kier alpha value is -1.16. The molecule has 0 bridgehead atoms. The minimum Gasteiger partial charge on any atom is -0.323 e. The van der Waals surface area contributed by atoms with E-state index in [1.165, 1.54) is 6.07 Å². The average molecular weight is 287 g/mol.